The molecule has 7 heteroatoms. The number of hydrogen-bond donors (Lipinski definition) is 1. The Hall–Kier alpha value is -2.64. The minimum absolute atomic E-state index is 0.0834. The second-order valence-electron chi connectivity index (χ2n) is 7.08. The van der Waals surface area contributed by atoms with Gasteiger partial charge in [-0.2, -0.15) is 0 Å². The third-order valence-electron chi connectivity index (χ3n) is 5.12. The summed E-state index contributed by atoms with van der Waals surface area (Å²) < 4.78 is 11.2. The molecular weight excluding hydrogens is 450 g/mol. The molecule has 1 atom stereocenters. The number of halogens is 1. The van der Waals surface area contributed by atoms with E-state index in [1.165, 1.54) is 4.90 Å². The van der Waals surface area contributed by atoms with E-state index in [-0.39, 0.29) is 11.3 Å². The number of Topliss-reactive ketones (excluding diaryl/α,β-unsaturated/α-hetero) is 1. The Bertz CT molecular complexity index is 1000. The molecule has 1 fully saturated rings. The van der Waals surface area contributed by atoms with Crippen LogP contribution in [0.2, 0.25) is 0 Å². The van der Waals surface area contributed by atoms with Crippen molar-refractivity contribution < 1.29 is 24.2 Å². The lowest BCUT2D eigenvalue weighted by molar-refractivity contribution is -0.140. The molecule has 3 rings (SSSR count). The average Bonchev–Trinajstić information content (AvgIpc) is 2.98. The number of methoxy groups -OCH3 is 2. The van der Waals surface area contributed by atoms with Crippen LogP contribution in [0, 0.1) is 6.92 Å². The van der Waals surface area contributed by atoms with Crippen molar-refractivity contribution in [3.8, 4) is 5.75 Å². The highest BCUT2D eigenvalue weighted by molar-refractivity contribution is 9.10. The standard InChI is InChI=1S/C23H24BrNO5/c1-14-12-16(8-9-18(14)30-3)21(26)19-20(15-6-4-7-17(24)13-15)25(10-5-11-29-2)23(28)22(19)27/h4,6-9,12-13,20,26H,5,10-11H2,1-3H3/b21-19+. The maximum atomic E-state index is 13.0. The maximum absolute atomic E-state index is 13.0. The van der Waals surface area contributed by atoms with Crippen LogP contribution in [0.3, 0.4) is 0 Å². The van der Waals surface area contributed by atoms with Crippen molar-refractivity contribution in [2.75, 3.05) is 27.4 Å². The van der Waals surface area contributed by atoms with Gasteiger partial charge in [-0.05, 0) is 54.8 Å². The number of aryl methyl sites for hydroxylation is 1. The van der Waals surface area contributed by atoms with Gasteiger partial charge in [-0.1, -0.05) is 28.1 Å². The number of likely N-dealkylation sites (tertiary alicyclic amines) is 1. The highest BCUT2D eigenvalue weighted by atomic mass is 79.9. The Morgan fingerprint density at radius 3 is 2.57 bits per heavy atom. The van der Waals surface area contributed by atoms with Crippen molar-refractivity contribution in [3.05, 3.63) is 69.2 Å². The van der Waals surface area contributed by atoms with E-state index in [0.717, 1.165) is 15.6 Å². The van der Waals surface area contributed by atoms with Crippen molar-refractivity contribution in [1.82, 2.24) is 4.90 Å². The SMILES string of the molecule is COCCCN1C(=O)C(=O)/C(=C(/O)c2ccc(OC)c(C)c2)C1c1cccc(Br)c1. The molecule has 1 N–H and O–H groups in total. The summed E-state index contributed by atoms with van der Waals surface area (Å²) in [5.74, 6) is -0.834. The number of rotatable bonds is 7. The van der Waals surface area contributed by atoms with Gasteiger partial charge in [-0.25, -0.2) is 0 Å². The lowest BCUT2D eigenvalue weighted by Crippen LogP contribution is -2.31. The fourth-order valence-electron chi connectivity index (χ4n) is 3.69. The predicted octanol–water partition coefficient (Wildman–Crippen LogP) is 4.22. The van der Waals surface area contributed by atoms with E-state index in [0.29, 0.717) is 30.9 Å². The molecule has 1 aliphatic rings. The van der Waals surface area contributed by atoms with Crippen molar-refractivity contribution in [2.45, 2.75) is 19.4 Å². The zero-order valence-corrected chi connectivity index (χ0v) is 18.7. The van der Waals surface area contributed by atoms with E-state index in [1.807, 2.05) is 31.2 Å². The average molecular weight is 474 g/mol. The maximum Gasteiger partial charge on any atom is 0.295 e. The molecule has 1 unspecified atom stereocenters. The highest BCUT2D eigenvalue weighted by Gasteiger charge is 2.45. The minimum Gasteiger partial charge on any atom is -0.507 e. The Kier molecular flexibility index (Phi) is 6.95. The summed E-state index contributed by atoms with van der Waals surface area (Å²) in [4.78, 5) is 27.3. The molecular formula is C23H24BrNO5. The first-order chi connectivity index (χ1) is 14.4. The zero-order chi connectivity index (χ0) is 21.8. The Morgan fingerprint density at radius 2 is 1.93 bits per heavy atom. The molecule has 6 nitrogen and oxygen atoms in total. The first kappa shape index (κ1) is 22.1. The smallest absolute Gasteiger partial charge is 0.295 e. The molecule has 2 aromatic carbocycles. The van der Waals surface area contributed by atoms with E-state index in [2.05, 4.69) is 15.9 Å². The molecule has 158 valence electrons. The molecule has 0 radical (unpaired) electrons. The summed E-state index contributed by atoms with van der Waals surface area (Å²) in [5.41, 5.74) is 2.10. The summed E-state index contributed by atoms with van der Waals surface area (Å²) in [6, 6.07) is 11.9. The van der Waals surface area contributed by atoms with Crippen molar-refractivity contribution >= 4 is 33.4 Å². The first-order valence-electron chi connectivity index (χ1n) is 9.56. The molecule has 2 aromatic rings. The van der Waals surface area contributed by atoms with Gasteiger partial charge in [0, 0.05) is 30.3 Å². The van der Waals surface area contributed by atoms with Gasteiger partial charge in [-0.15, -0.1) is 0 Å². The van der Waals surface area contributed by atoms with Crippen LogP contribution in [-0.2, 0) is 14.3 Å². The van der Waals surface area contributed by atoms with Gasteiger partial charge in [0.1, 0.15) is 11.5 Å². The predicted molar refractivity (Wildman–Crippen MR) is 117 cm³/mol. The number of aliphatic hydroxyl groups excluding tert-OH is 1. The number of carbonyl (C=O) groups is 2. The largest absolute Gasteiger partial charge is 0.507 e. The van der Waals surface area contributed by atoms with Gasteiger partial charge in [0.15, 0.2) is 0 Å². The second-order valence-corrected chi connectivity index (χ2v) is 7.99. The Labute approximate surface area is 184 Å². The molecule has 1 amide bonds. The molecule has 30 heavy (non-hydrogen) atoms. The van der Waals surface area contributed by atoms with E-state index in [1.54, 1.807) is 32.4 Å². The van der Waals surface area contributed by atoms with Crippen LogP contribution < -0.4 is 4.74 Å². The number of amides is 1. The molecule has 1 aliphatic heterocycles. The van der Waals surface area contributed by atoms with Crippen molar-refractivity contribution in [1.29, 1.82) is 0 Å². The highest BCUT2D eigenvalue weighted by Crippen LogP contribution is 2.40. The van der Waals surface area contributed by atoms with Crippen LogP contribution in [0.15, 0.2) is 52.5 Å². The lowest BCUT2D eigenvalue weighted by Gasteiger charge is -2.25. The van der Waals surface area contributed by atoms with Crippen molar-refractivity contribution in [2.24, 2.45) is 0 Å². The molecule has 0 aliphatic carbocycles. The van der Waals surface area contributed by atoms with Gasteiger partial charge in [0.05, 0.1) is 18.7 Å². The Morgan fingerprint density at radius 1 is 1.17 bits per heavy atom. The summed E-state index contributed by atoms with van der Waals surface area (Å²) in [6.07, 6.45) is 0.579. The first-order valence-corrected chi connectivity index (χ1v) is 10.4. The van der Waals surface area contributed by atoms with E-state index in [9.17, 15) is 14.7 Å². The normalized spacial score (nSPS) is 18.1. The summed E-state index contributed by atoms with van der Waals surface area (Å²) in [7, 11) is 3.16. The number of ether oxygens (including phenoxy) is 2. The molecule has 0 spiro atoms. The number of aliphatic hydroxyl groups is 1. The molecule has 0 bridgehead atoms. The van der Waals surface area contributed by atoms with Crippen LogP contribution in [0.4, 0.5) is 0 Å². The molecule has 0 saturated carbocycles. The monoisotopic (exact) mass is 473 g/mol. The van der Waals surface area contributed by atoms with E-state index >= 15 is 0 Å². The van der Waals surface area contributed by atoms with Gasteiger partial charge >= 0.3 is 0 Å². The molecule has 1 saturated heterocycles. The van der Waals surface area contributed by atoms with E-state index in [4.69, 9.17) is 9.47 Å². The fourth-order valence-corrected chi connectivity index (χ4v) is 4.11. The van der Waals surface area contributed by atoms with Crippen LogP contribution in [0.1, 0.15) is 29.2 Å². The molecule has 0 aromatic heterocycles. The van der Waals surface area contributed by atoms with Gasteiger partial charge < -0.3 is 19.5 Å². The van der Waals surface area contributed by atoms with Gasteiger partial charge in [0.2, 0.25) is 0 Å². The lowest BCUT2D eigenvalue weighted by atomic mass is 9.95. The van der Waals surface area contributed by atoms with Gasteiger partial charge in [0.25, 0.3) is 11.7 Å². The number of nitrogens with zero attached hydrogens (tertiary/aromatic N) is 1. The van der Waals surface area contributed by atoms with Crippen LogP contribution >= 0.6 is 15.9 Å². The molecule has 1 heterocycles. The summed E-state index contributed by atoms with van der Waals surface area (Å²) in [6.45, 7) is 2.66. The topological polar surface area (TPSA) is 76.1 Å². The zero-order valence-electron chi connectivity index (χ0n) is 17.1. The summed E-state index contributed by atoms with van der Waals surface area (Å²) in [5, 5.41) is 11.1. The van der Waals surface area contributed by atoms with Crippen LogP contribution in [0.25, 0.3) is 5.76 Å². The number of ketones is 1. The number of benzene rings is 2. The van der Waals surface area contributed by atoms with Crippen LogP contribution in [-0.4, -0.2) is 49.1 Å². The van der Waals surface area contributed by atoms with E-state index < -0.39 is 17.7 Å². The fraction of sp³-hybridized carbons (Fsp3) is 0.304. The number of hydrogen-bond acceptors (Lipinski definition) is 5. The van der Waals surface area contributed by atoms with Gasteiger partial charge in [-0.3, -0.25) is 9.59 Å². The summed E-state index contributed by atoms with van der Waals surface area (Å²) >= 11 is 3.45. The minimum atomic E-state index is -0.691. The van der Waals surface area contributed by atoms with Crippen molar-refractivity contribution in [3.63, 3.8) is 0 Å². The third-order valence-corrected chi connectivity index (χ3v) is 5.61. The quantitative estimate of drug-likeness (QED) is 0.282. The third kappa shape index (κ3) is 4.27. The Balaban J connectivity index is 2.13. The second kappa shape index (κ2) is 9.45. The number of carbonyl (C=O) groups excluding carboxylic acids is 2. The van der Waals surface area contributed by atoms with Crippen LogP contribution in [0.5, 0.6) is 5.75 Å².